The molecule has 2 aromatic carbocycles. The van der Waals surface area contributed by atoms with Crippen LogP contribution in [0.25, 0.3) is 0 Å². The highest BCUT2D eigenvalue weighted by atomic mass is 19.3. The highest BCUT2D eigenvalue weighted by molar-refractivity contribution is 5.76. The lowest BCUT2D eigenvalue weighted by atomic mass is 9.96. The fourth-order valence-corrected chi connectivity index (χ4v) is 3.98. The third-order valence-corrected chi connectivity index (χ3v) is 6.09. The topological polar surface area (TPSA) is 48.0 Å². The highest BCUT2D eigenvalue weighted by Crippen LogP contribution is 2.48. The molecule has 4 rings (SSSR count). The number of carbonyl (C=O) groups excluding carboxylic acids is 1. The molecule has 1 aliphatic carbocycles. The maximum atomic E-state index is 13.0. The summed E-state index contributed by atoms with van der Waals surface area (Å²) in [5.41, 5.74) is 2.05. The molecule has 1 heterocycles. The molecule has 0 N–H and O–H groups in total. The van der Waals surface area contributed by atoms with Crippen molar-refractivity contribution in [2.75, 3.05) is 31.7 Å². The second kappa shape index (κ2) is 8.96. The first-order valence-corrected chi connectivity index (χ1v) is 10.9. The predicted molar refractivity (Wildman–Crippen MR) is 118 cm³/mol. The van der Waals surface area contributed by atoms with E-state index in [-0.39, 0.29) is 30.8 Å². The van der Waals surface area contributed by atoms with E-state index in [1.54, 1.807) is 26.2 Å². The van der Waals surface area contributed by atoms with Crippen molar-refractivity contribution in [1.82, 2.24) is 0 Å². The van der Waals surface area contributed by atoms with Crippen LogP contribution >= 0.6 is 0 Å². The van der Waals surface area contributed by atoms with Crippen LogP contribution in [0.5, 0.6) is 17.2 Å². The third kappa shape index (κ3) is 5.14. The molecule has 172 valence electrons. The van der Waals surface area contributed by atoms with E-state index in [2.05, 4.69) is 4.90 Å². The Kier molecular flexibility index (Phi) is 6.26. The number of ether oxygens (including phenoxy) is 3. The summed E-state index contributed by atoms with van der Waals surface area (Å²) in [7, 11) is 1.58. The normalized spacial score (nSPS) is 20.3. The van der Waals surface area contributed by atoms with Crippen LogP contribution in [0.3, 0.4) is 0 Å². The number of halogens is 2. The summed E-state index contributed by atoms with van der Waals surface area (Å²) in [5.74, 6) is -0.904. The number of methoxy groups -OCH3 is 1. The van der Waals surface area contributed by atoms with Gasteiger partial charge in [-0.25, -0.2) is 8.78 Å². The summed E-state index contributed by atoms with van der Waals surface area (Å²) in [6, 6.07) is 13.3. The molecule has 0 bridgehead atoms. The largest absolute Gasteiger partial charge is 0.494 e. The van der Waals surface area contributed by atoms with Gasteiger partial charge >= 0.3 is 0 Å². The number of nitrogens with zero attached hydrogens (tertiary/aromatic N) is 1. The lowest BCUT2D eigenvalue weighted by Crippen LogP contribution is -2.54. The zero-order valence-electron chi connectivity index (χ0n) is 18.6. The van der Waals surface area contributed by atoms with Crippen LogP contribution in [0, 0.1) is 5.92 Å². The van der Waals surface area contributed by atoms with Gasteiger partial charge in [-0.3, -0.25) is 0 Å². The fourth-order valence-electron chi connectivity index (χ4n) is 3.98. The molecule has 1 aliphatic heterocycles. The van der Waals surface area contributed by atoms with E-state index in [4.69, 9.17) is 14.2 Å². The maximum absolute atomic E-state index is 13.0. The van der Waals surface area contributed by atoms with Crippen molar-refractivity contribution in [2.24, 2.45) is 5.92 Å². The van der Waals surface area contributed by atoms with Gasteiger partial charge in [0, 0.05) is 18.9 Å². The van der Waals surface area contributed by atoms with Crippen molar-refractivity contribution < 1.29 is 27.8 Å². The van der Waals surface area contributed by atoms with Crippen LogP contribution in [0.2, 0.25) is 0 Å². The standard InChI is InChI=1S/C25H29F2NO4/c1-16(10-17(2)29)18-4-6-20(7-5-18)32-22-13-28(14-22)23-9-8-21(11-24(23)30-3)31-15-19-12-25(19,26)27/h4-9,11,16,19,22H,10,12-15H2,1-3H3/t16-,19?/m1/s1. The molecule has 1 saturated heterocycles. The number of rotatable bonds is 10. The third-order valence-electron chi connectivity index (χ3n) is 6.09. The molecule has 0 spiro atoms. The van der Waals surface area contributed by atoms with Gasteiger partial charge in [-0.15, -0.1) is 0 Å². The molecule has 2 atom stereocenters. The van der Waals surface area contributed by atoms with Crippen molar-refractivity contribution >= 4 is 11.5 Å². The second-order valence-corrected chi connectivity index (χ2v) is 8.83. The minimum Gasteiger partial charge on any atom is -0.494 e. The molecule has 32 heavy (non-hydrogen) atoms. The summed E-state index contributed by atoms with van der Waals surface area (Å²) >= 11 is 0. The van der Waals surface area contributed by atoms with Crippen molar-refractivity contribution in [2.45, 2.75) is 44.6 Å². The van der Waals surface area contributed by atoms with Crippen LogP contribution in [0.15, 0.2) is 42.5 Å². The molecular formula is C25H29F2NO4. The number of Topliss-reactive ketones (excluding diaryl/α,β-unsaturated/α-hetero) is 1. The van der Waals surface area contributed by atoms with E-state index >= 15 is 0 Å². The summed E-state index contributed by atoms with van der Waals surface area (Å²) in [5, 5.41) is 0. The van der Waals surface area contributed by atoms with Crippen LogP contribution < -0.4 is 19.1 Å². The Labute approximate surface area is 187 Å². The Hall–Kier alpha value is -2.83. The Morgan fingerprint density at radius 3 is 2.41 bits per heavy atom. The van der Waals surface area contributed by atoms with Crippen molar-refractivity contribution in [3.8, 4) is 17.2 Å². The summed E-state index contributed by atoms with van der Waals surface area (Å²) in [6.07, 6.45) is 0.502. The Morgan fingerprint density at radius 2 is 1.81 bits per heavy atom. The van der Waals surface area contributed by atoms with Crippen molar-refractivity contribution in [1.29, 1.82) is 0 Å². The minimum atomic E-state index is -2.58. The Morgan fingerprint density at radius 1 is 1.16 bits per heavy atom. The number of hydrogen-bond donors (Lipinski definition) is 0. The van der Waals surface area contributed by atoms with Gasteiger partial charge in [-0.2, -0.15) is 0 Å². The lowest BCUT2D eigenvalue weighted by molar-refractivity contribution is -0.117. The van der Waals surface area contributed by atoms with Gasteiger partial charge in [-0.05, 0) is 42.7 Å². The molecule has 5 nitrogen and oxygen atoms in total. The van der Waals surface area contributed by atoms with E-state index in [9.17, 15) is 13.6 Å². The maximum Gasteiger partial charge on any atom is 0.255 e. The summed E-state index contributed by atoms with van der Waals surface area (Å²) in [4.78, 5) is 13.5. The van der Waals surface area contributed by atoms with Gasteiger partial charge in [0.25, 0.3) is 5.92 Å². The van der Waals surface area contributed by atoms with E-state index in [1.165, 1.54) is 0 Å². The van der Waals surface area contributed by atoms with Crippen LogP contribution in [-0.2, 0) is 4.79 Å². The average molecular weight is 446 g/mol. The zero-order valence-corrected chi connectivity index (χ0v) is 18.6. The Balaban J connectivity index is 1.28. The quantitative estimate of drug-likeness (QED) is 0.511. The smallest absolute Gasteiger partial charge is 0.255 e. The first-order valence-electron chi connectivity index (χ1n) is 10.9. The molecule has 2 aromatic rings. The molecule has 0 radical (unpaired) electrons. The number of ketones is 1. The first-order chi connectivity index (χ1) is 15.2. The summed E-state index contributed by atoms with van der Waals surface area (Å²) in [6.45, 7) is 5.11. The molecule has 1 saturated carbocycles. The van der Waals surface area contributed by atoms with Crippen LogP contribution in [-0.4, -0.2) is 44.6 Å². The number of carbonyl (C=O) groups is 1. The molecule has 2 aliphatic rings. The SMILES string of the molecule is COc1cc(OCC2CC2(F)F)ccc1N1CC(Oc2ccc([C@H](C)CC(C)=O)cc2)C1. The Bertz CT molecular complexity index is 957. The minimum absolute atomic E-state index is 0.0153. The zero-order chi connectivity index (χ0) is 22.9. The molecule has 0 amide bonds. The predicted octanol–water partition coefficient (Wildman–Crippen LogP) is 5.08. The van der Waals surface area contributed by atoms with E-state index in [0.717, 1.165) is 17.0 Å². The van der Waals surface area contributed by atoms with Crippen LogP contribution in [0.1, 0.15) is 38.2 Å². The van der Waals surface area contributed by atoms with Crippen molar-refractivity contribution in [3.05, 3.63) is 48.0 Å². The van der Waals surface area contributed by atoms with Gasteiger partial charge in [0.2, 0.25) is 0 Å². The van der Waals surface area contributed by atoms with Gasteiger partial charge < -0.3 is 23.9 Å². The van der Waals surface area contributed by atoms with Crippen molar-refractivity contribution in [3.63, 3.8) is 0 Å². The molecule has 7 heteroatoms. The molecule has 2 fully saturated rings. The molecular weight excluding hydrogens is 416 g/mol. The second-order valence-electron chi connectivity index (χ2n) is 8.83. The highest BCUT2D eigenvalue weighted by Gasteiger charge is 2.57. The fraction of sp³-hybridized carbons (Fsp3) is 0.480. The molecule has 1 unspecified atom stereocenters. The van der Waals surface area contributed by atoms with Gasteiger partial charge in [0.1, 0.15) is 29.1 Å². The van der Waals surface area contributed by atoms with E-state index < -0.39 is 11.8 Å². The van der Waals surface area contributed by atoms with Gasteiger partial charge in [0.15, 0.2) is 0 Å². The van der Waals surface area contributed by atoms with Gasteiger partial charge in [-0.1, -0.05) is 19.1 Å². The molecule has 0 aromatic heterocycles. The monoisotopic (exact) mass is 445 g/mol. The summed E-state index contributed by atoms with van der Waals surface area (Å²) < 4.78 is 43.1. The average Bonchev–Trinajstić information content (AvgIpc) is 3.35. The number of hydrogen-bond acceptors (Lipinski definition) is 5. The van der Waals surface area contributed by atoms with E-state index in [0.29, 0.717) is 31.0 Å². The number of anilines is 1. The lowest BCUT2D eigenvalue weighted by Gasteiger charge is -2.41. The van der Waals surface area contributed by atoms with E-state index in [1.807, 2.05) is 37.3 Å². The van der Waals surface area contributed by atoms with Gasteiger partial charge in [0.05, 0.1) is 38.4 Å². The van der Waals surface area contributed by atoms with Crippen LogP contribution in [0.4, 0.5) is 14.5 Å². The first kappa shape index (κ1) is 22.4. The number of benzene rings is 2. The number of alkyl halides is 2.